The second-order valence-corrected chi connectivity index (χ2v) is 3.89. The SMILES string of the molecule is CCCC(C)c1nnc(NC)s1. The molecule has 1 aromatic rings. The molecule has 0 aromatic carbocycles. The predicted octanol–water partition coefficient (Wildman–Crippen LogP) is 2.48. The maximum Gasteiger partial charge on any atom is 0.205 e. The number of hydrogen-bond donors (Lipinski definition) is 1. The molecule has 4 heteroatoms. The summed E-state index contributed by atoms with van der Waals surface area (Å²) in [6, 6.07) is 0. The highest BCUT2D eigenvalue weighted by molar-refractivity contribution is 7.15. The smallest absolute Gasteiger partial charge is 0.205 e. The van der Waals surface area contributed by atoms with Crippen LogP contribution < -0.4 is 5.32 Å². The standard InChI is InChI=1S/C8H15N3S/c1-4-5-6(2)7-10-11-8(9-3)12-7/h6H,4-5H2,1-3H3,(H,9,11). The van der Waals surface area contributed by atoms with Gasteiger partial charge < -0.3 is 5.32 Å². The molecule has 0 spiro atoms. The minimum Gasteiger partial charge on any atom is -0.363 e. The zero-order valence-electron chi connectivity index (χ0n) is 7.79. The summed E-state index contributed by atoms with van der Waals surface area (Å²) in [5.41, 5.74) is 0. The first kappa shape index (κ1) is 9.45. The van der Waals surface area contributed by atoms with Crippen molar-refractivity contribution in [3.8, 4) is 0 Å². The van der Waals surface area contributed by atoms with Gasteiger partial charge in [-0.15, -0.1) is 10.2 Å². The molecule has 0 fully saturated rings. The maximum absolute atomic E-state index is 4.11. The molecule has 1 N–H and O–H groups in total. The van der Waals surface area contributed by atoms with Crippen molar-refractivity contribution in [2.24, 2.45) is 0 Å². The van der Waals surface area contributed by atoms with E-state index < -0.39 is 0 Å². The Morgan fingerprint density at radius 1 is 1.50 bits per heavy atom. The van der Waals surface area contributed by atoms with Crippen LogP contribution in [-0.4, -0.2) is 17.2 Å². The van der Waals surface area contributed by atoms with Gasteiger partial charge in [-0.3, -0.25) is 0 Å². The summed E-state index contributed by atoms with van der Waals surface area (Å²) in [4.78, 5) is 0. The Bertz CT molecular complexity index is 234. The number of rotatable bonds is 4. The van der Waals surface area contributed by atoms with Gasteiger partial charge in [-0.2, -0.15) is 0 Å². The molecule has 0 bridgehead atoms. The molecule has 1 rings (SSSR count). The molecule has 0 aliphatic heterocycles. The Morgan fingerprint density at radius 2 is 2.25 bits per heavy atom. The highest BCUT2D eigenvalue weighted by atomic mass is 32.1. The third kappa shape index (κ3) is 2.17. The normalized spacial score (nSPS) is 12.9. The molecular weight excluding hydrogens is 170 g/mol. The lowest BCUT2D eigenvalue weighted by molar-refractivity contribution is 0.654. The number of anilines is 1. The van der Waals surface area contributed by atoms with Gasteiger partial charge in [-0.1, -0.05) is 31.6 Å². The molecule has 1 atom stereocenters. The molecule has 3 nitrogen and oxygen atoms in total. The van der Waals surface area contributed by atoms with Crippen molar-refractivity contribution in [3.05, 3.63) is 5.01 Å². The second kappa shape index (κ2) is 4.40. The lowest BCUT2D eigenvalue weighted by Gasteiger charge is -2.02. The highest BCUT2D eigenvalue weighted by Crippen LogP contribution is 2.25. The van der Waals surface area contributed by atoms with E-state index in [1.54, 1.807) is 11.3 Å². The predicted molar refractivity (Wildman–Crippen MR) is 52.8 cm³/mol. The van der Waals surface area contributed by atoms with E-state index in [4.69, 9.17) is 0 Å². The summed E-state index contributed by atoms with van der Waals surface area (Å²) in [5, 5.41) is 13.1. The fraction of sp³-hybridized carbons (Fsp3) is 0.750. The van der Waals surface area contributed by atoms with Crippen LogP contribution in [0.2, 0.25) is 0 Å². The van der Waals surface area contributed by atoms with Crippen LogP contribution in [0, 0.1) is 0 Å². The molecule has 1 heterocycles. The van der Waals surface area contributed by atoms with Crippen LogP contribution in [0.5, 0.6) is 0 Å². The first-order valence-corrected chi connectivity index (χ1v) is 5.10. The average Bonchev–Trinajstić information content (AvgIpc) is 2.52. The number of nitrogens with one attached hydrogen (secondary N) is 1. The fourth-order valence-corrected chi connectivity index (χ4v) is 1.87. The Morgan fingerprint density at radius 3 is 2.75 bits per heavy atom. The summed E-state index contributed by atoms with van der Waals surface area (Å²) in [6.45, 7) is 4.39. The van der Waals surface area contributed by atoms with Crippen LogP contribution in [0.1, 0.15) is 37.6 Å². The molecule has 0 saturated heterocycles. The molecule has 0 saturated carbocycles. The molecule has 1 aromatic heterocycles. The summed E-state index contributed by atoms with van der Waals surface area (Å²) >= 11 is 1.65. The Balaban J connectivity index is 2.61. The minimum absolute atomic E-state index is 0.551. The first-order valence-electron chi connectivity index (χ1n) is 4.29. The van der Waals surface area contributed by atoms with Crippen molar-refractivity contribution in [2.45, 2.75) is 32.6 Å². The fourth-order valence-electron chi connectivity index (χ4n) is 1.09. The third-order valence-corrected chi connectivity index (χ3v) is 2.97. The van der Waals surface area contributed by atoms with E-state index in [1.165, 1.54) is 12.8 Å². The van der Waals surface area contributed by atoms with Crippen LogP contribution in [0.4, 0.5) is 5.13 Å². The summed E-state index contributed by atoms with van der Waals surface area (Å²) in [5.74, 6) is 0.551. The van der Waals surface area contributed by atoms with Crippen molar-refractivity contribution in [1.82, 2.24) is 10.2 Å². The lowest BCUT2D eigenvalue weighted by Crippen LogP contribution is -1.91. The van der Waals surface area contributed by atoms with E-state index in [-0.39, 0.29) is 0 Å². The van der Waals surface area contributed by atoms with Crippen LogP contribution in [0.3, 0.4) is 0 Å². The van der Waals surface area contributed by atoms with E-state index in [2.05, 4.69) is 29.4 Å². The number of aromatic nitrogens is 2. The van der Waals surface area contributed by atoms with Crippen molar-refractivity contribution in [2.75, 3.05) is 12.4 Å². The van der Waals surface area contributed by atoms with Crippen molar-refractivity contribution >= 4 is 16.5 Å². The van der Waals surface area contributed by atoms with Gasteiger partial charge in [0.2, 0.25) is 5.13 Å². The Kier molecular flexibility index (Phi) is 3.47. The van der Waals surface area contributed by atoms with Gasteiger partial charge in [0.05, 0.1) is 0 Å². The lowest BCUT2D eigenvalue weighted by atomic mass is 10.1. The van der Waals surface area contributed by atoms with Crippen LogP contribution in [-0.2, 0) is 0 Å². The van der Waals surface area contributed by atoms with Crippen molar-refractivity contribution in [3.63, 3.8) is 0 Å². The van der Waals surface area contributed by atoms with E-state index in [9.17, 15) is 0 Å². The van der Waals surface area contributed by atoms with E-state index in [1.807, 2.05) is 7.05 Å². The van der Waals surface area contributed by atoms with Crippen molar-refractivity contribution < 1.29 is 0 Å². The molecule has 0 radical (unpaired) electrons. The van der Waals surface area contributed by atoms with Gasteiger partial charge in [0, 0.05) is 13.0 Å². The van der Waals surface area contributed by atoms with E-state index in [0.29, 0.717) is 5.92 Å². The monoisotopic (exact) mass is 185 g/mol. The summed E-state index contributed by atoms with van der Waals surface area (Å²) in [7, 11) is 1.87. The molecule has 68 valence electrons. The van der Waals surface area contributed by atoms with Gasteiger partial charge in [0.15, 0.2) is 0 Å². The molecule has 0 amide bonds. The van der Waals surface area contributed by atoms with Gasteiger partial charge in [-0.25, -0.2) is 0 Å². The quantitative estimate of drug-likeness (QED) is 0.783. The van der Waals surface area contributed by atoms with Crippen molar-refractivity contribution in [1.29, 1.82) is 0 Å². The molecule has 0 aliphatic carbocycles. The van der Waals surface area contributed by atoms with E-state index >= 15 is 0 Å². The number of hydrogen-bond acceptors (Lipinski definition) is 4. The summed E-state index contributed by atoms with van der Waals surface area (Å²) < 4.78 is 0. The zero-order valence-corrected chi connectivity index (χ0v) is 8.61. The molecule has 1 unspecified atom stereocenters. The van der Waals surface area contributed by atoms with E-state index in [0.717, 1.165) is 10.1 Å². The highest BCUT2D eigenvalue weighted by Gasteiger charge is 2.09. The van der Waals surface area contributed by atoms with Crippen LogP contribution >= 0.6 is 11.3 Å². The minimum atomic E-state index is 0.551. The average molecular weight is 185 g/mol. The second-order valence-electron chi connectivity index (χ2n) is 2.89. The molecular formula is C8H15N3S. The van der Waals surface area contributed by atoms with Crippen LogP contribution in [0.15, 0.2) is 0 Å². The summed E-state index contributed by atoms with van der Waals surface area (Å²) in [6.07, 6.45) is 2.40. The van der Waals surface area contributed by atoms with Crippen LogP contribution in [0.25, 0.3) is 0 Å². The Hall–Kier alpha value is -0.640. The molecule has 12 heavy (non-hydrogen) atoms. The van der Waals surface area contributed by atoms with Gasteiger partial charge in [-0.05, 0) is 6.42 Å². The maximum atomic E-state index is 4.11. The molecule has 0 aliphatic rings. The van der Waals surface area contributed by atoms with Gasteiger partial charge in [0.25, 0.3) is 0 Å². The Labute approximate surface area is 77.2 Å². The first-order chi connectivity index (χ1) is 5.77. The zero-order chi connectivity index (χ0) is 8.97. The number of nitrogens with zero attached hydrogens (tertiary/aromatic N) is 2. The largest absolute Gasteiger partial charge is 0.363 e. The van der Waals surface area contributed by atoms with Gasteiger partial charge >= 0.3 is 0 Å². The third-order valence-electron chi connectivity index (χ3n) is 1.80. The van der Waals surface area contributed by atoms with Gasteiger partial charge in [0.1, 0.15) is 5.01 Å². The topological polar surface area (TPSA) is 37.8 Å².